The first-order valence-electron chi connectivity index (χ1n) is 4.65. The molecule has 1 aliphatic rings. The summed E-state index contributed by atoms with van der Waals surface area (Å²) in [6, 6.07) is 4.06. The zero-order valence-electron chi connectivity index (χ0n) is 8.22. The second-order valence-corrected chi connectivity index (χ2v) is 4.50. The molecule has 2 N–H and O–H groups in total. The summed E-state index contributed by atoms with van der Waals surface area (Å²) in [5.41, 5.74) is 6.65. The lowest BCUT2D eigenvalue weighted by molar-refractivity contribution is 0.506. The van der Waals surface area contributed by atoms with Crippen LogP contribution in [0.2, 0.25) is 0 Å². The molecule has 1 nitrogen and oxygen atoms in total. The molecule has 1 saturated carbocycles. The standard InChI is InChI=1S/C11H13F2N/c1-11(2)9(10(11)14)6-3-4-7(12)8(13)5-6/h3-5,9-10H,14H2,1-2H3/t9-,10-/m0/s1. The van der Waals surface area contributed by atoms with E-state index >= 15 is 0 Å². The normalized spacial score (nSPS) is 28.9. The summed E-state index contributed by atoms with van der Waals surface area (Å²) in [5.74, 6) is -1.45. The number of hydrogen-bond donors (Lipinski definition) is 1. The van der Waals surface area contributed by atoms with Gasteiger partial charge in [-0.1, -0.05) is 19.9 Å². The fraction of sp³-hybridized carbons (Fsp3) is 0.455. The molecule has 1 fully saturated rings. The molecule has 0 aliphatic heterocycles. The second kappa shape index (κ2) is 2.76. The molecule has 0 radical (unpaired) electrons. The maximum Gasteiger partial charge on any atom is 0.159 e. The van der Waals surface area contributed by atoms with Gasteiger partial charge in [-0.3, -0.25) is 0 Å². The molecule has 1 aromatic rings. The van der Waals surface area contributed by atoms with Gasteiger partial charge in [0, 0.05) is 12.0 Å². The summed E-state index contributed by atoms with van der Waals surface area (Å²) >= 11 is 0. The summed E-state index contributed by atoms with van der Waals surface area (Å²) in [5, 5.41) is 0. The zero-order chi connectivity index (χ0) is 10.5. The lowest BCUT2D eigenvalue weighted by Crippen LogP contribution is -2.06. The Morgan fingerprint density at radius 2 is 1.79 bits per heavy atom. The van der Waals surface area contributed by atoms with Gasteiger partial charge >= 0.3 is 0 Å². The maximum absolute atomic E-state index is 12.9. The van der Waals surface area contributed by atoms with Crippen molar-refractivity contribution in [3.63, 3.8) is 0 Å². The van der Waals surface area contributed by atoms with Crippen LogP contribution < -0.4 is 5.73 Å². The van der Waals surface area contributed by atoms with Gasteiger partial charge in [-0.15, -0.1) is 0 Å². The highest BCUT2D eigenvalue weighted by Crippen LogP contribution is 2.57. The first kappa shape index (κ1) is 9.59. The minimum absolute atomic E-state index is 0.00424. The SMILES string of the molecule is CC1(C)[C@@H](N)[C@@H]1c1ccc(F)c(F)c1. The lowest BCUT2D eigenvalue weighted by Gasteiger charge is -2.02. The molecule has 0 saturated heterocycles. The van der Waals surface area contributed by atoms with Crippen LogP contribution >= 0.6 is 0 Å². The molecule has 76 valence electrons. The molecule has 2 rings (SSSR count). The summed E-state index contributed by atoms with van der Waals surface area (Å²) in [4.78, 5) is 0. The monoisotopic (exact) mass is 197 g/mol. The van der Waals surface area contributed by atoms with Crippen molar-refractivity contribution in [2.75, 3.05) is 0 Å². The van der Waals surface area contributed by atoms with Crippen LogP contribution in [0, 0.1) is 17.0 Å². The van der Waals surface area contributed by atoms with E-state index in [0.717, 1.165) is 11.6 Å². The summed E-state index contributed by atoms with van der Waals surface area (Å²) in [7, 11) is 0. The van der Waals surface area contributed by atoms with Crippen molar-refractivity contribution in [3.8, 4) is 0 Å². The summed E-state index contributed by atoms with van der Waals surface area (Å²) in [6.45, 7) is 4.06. The first-order chi connectivity index (χ1) is 6.44. The average molecular weight is 197 g/mol. The van der Waals surface area contributed by atoms with Gasteiger partial charge in [-0.25, -0.2) is 8.78 Å². The van der Waals surface area contributed by atoms with Crippen molar-refractivity contribution in [1.82, 2.24) is 0 Å². The van der Waals surface area contributed by atoms with E-state index in [-0.39, 0.29) is 17.4 Å². The zero-order valence-corrected chi connectivity index (χ0v) is 8.22. The molecular formula is C11H13F2N. The molecule has 0 bridgehead atoms. The van der Waals surface area contributed by atoms with E-state index in [1.54, 1.807) is 6.07 Å². The maximum atomic E-state index is 12.9. The molecule has 3 heteroatoms. The average Bonchev–Trinajstić information content (AvgIpc) is 2.58. The van der Waals surface area contributed by atoms with E-state index in [4.69, 9.17) is 5.73 Å². The molecular weight excluding hydrogens is 184 g/mol. The smallest absolute Gasteiger partial charge is 0.159 e. The van der Waals surface area contributed by atoms with Crippen molar-refractivity contribution in [1.29, 1.82) is 0 Å². The highest BCUT2D eigenvalue weighted by molar-refractivity contribution is 5.34. The quantitative estimate of drug-likeness (QED) is 0.735. The van der Waals surface area contributed by atoms with Gasteiger partial charge in [0.25, 0.3) is 0 Å². The number of halogens is 2. The van der Waals surface area contributed by atoms with Crippen LogP contribution in [0.4, 0.5) is 8.78 Å². The largest absolute Gasteiger partial charge is 0.327 e. The Hall–Kier alpha value is -0.960. The highest BCUT2D eigenvalue weighted by atomic mass is 19.2. The van der Waals surface area contributed by atoms with Crippen LogP contribution in [0.5, 0.6) is 0 Å². The van der Waals surface area contributed by atoms with Crippen LogP contribution in [-0.2, 0) is 0 Å². The van der Waals surface area contributed by atoms with Crippen molar-refractivity contribution in [2.45, 2.75) is 25.8 Å². The third kappa shape index (κ3) is 1.23. The molecule has 0 aromatic heterocycles. The molecule has 2 atom stereocenters. The van der Waals surface area contributed by atoms with Crippen molar-refractivity contribution in [2.24, 2.45) is 11.1 Å². The van der Waals surface area contributed by atoms with Gasteiger partial charge in [0.1, 0.15) is 0 Å². The van der Waals surface area contributed by atoms with Gasteiger partial charge in [0.05, 0.1) is 0 Å². The van der Waals surface area contributed by atoms with Crippen LogP contribution in [0.25, 0.3) is 0 Å². The van der Waals surface area contributed by atoms with Gasteiger partial charge in [-0.05, 0) is 23.1 Å². The Morgan fingerprint density at radius 3 is 2.21 bits per heavy atom. The predicted molar refractivity (Wildman–Crippen MR) is 50.9 cm³/mol. The van der Waals surface area contributed by atoms with Gasteiger partial charge in [0.2, 0.25) is 0 Å². The summed E-state index contributed by atoms with van der Waals surface area (Å²) in [6.07, 6.45) is 0. The van der Waals surface area contributed by atoms with E-state index in [1.807, 2.05) is 13.8 Å². The Morgan fingerprint density at radius 1 is 1.21 bits per heavy atom. The number of nitrogens with two attached hydrogens (primary N) is 1. The van der Waals surface area contributed by atoms with Crippen LogP contribution in [0.3, 0.4) is 0 Å². The van der Waals surface area contributed by atoms with E-state index in [1.165, 1.54) is 6.07 Å². The third-order valence-corrected chi connectivity index (χ3v) is 3.21. The van der Waals surface area contributed by atoms with Crippen LogP contribution in [-0.4, -0.2) is 6.04 Å². The minimum Gasteiger partial charge on any atom is -0.327 e. The fourth-order valence-electron chi connectivity index (χ4n) is 2.02. The second-order valence-electron chi connectivity index (χ2n) is 4.50. The number of hydrogen-bond acceptors (Lipinski definition) is 1. The molecule has 0 amide bonds. The Labute approximate surface area is 81.9 Å². The molecule has 1 aromatic carbocycles. The van der Waals surface area contributed by atoms with Crippen molar-refractivity contribution in [3.05, 3.63) is 35.4 Å². The van der Waals surface area contributed by atoms with Crippen molar-refractivity contribution >= 4 is 0 Å². The Balaban J connectivity index is 2.32. The Kier molecular flexibility index (Phi) is 1.89. The fourth-order valence-corrected chi connectivity index (χ4v) is 2.02. The molecule has 1 aliphatic carbocycles. The molecule has 0 spiro atoms. The predicted octanol–water partition coefficient (Wildman–Crippen LogP) is 2.42. The Bertz CT molecular complexity index is 374. The molecule has 0 heterocycles. The summed E-state index contributed by atoms with van der Waals surface area (Å²) < 4.78 is 25.6. The number of benzene rings is 1. The van der Waals surface area contributed by atoms with Crippen LogP contribution in [0.1, 0.15) is 25.3 Å². The van der Waals surface area contributed by atoms with Gasteiger partial charge in [-0.2, -0.15) is 0 Å². The first-order valence-corrected chi connectivity index (χ1v) is 4.65. The van der Waals surface area contributed by atoms with E-state index in [0.29, 0.717) is 0 Å². The van der Waals surface area contributed by atoms with Crippen molar-refractivity contribution < 1.29 is 8.78 Å². The van der Waals surface area contributed by atoms with Crippen LogP contribution in [0.15, 0.2) is 18.2 Å². The van der Waals surface area contributed by atoms with E-state index < -0.39 is 11.6 Å². The van der Waals surface area contributed by atoms with E-state index in [2.05, 4.69) is 0 Å². The highest BCUT2D eigenvalue weighted by Gasteiger charge is 2.56. The van der Waals surface area contributed by atoms with Gasteiger partial charge < -0.3 is 5.73 Å². The lowest BCUT2D eigenvalue weighted by atomic mass is 10.0. The topological polar surface area (TPSA) is 26.0 Å². The molecule has 0 unspecified atom stereocenters. The third-order valence-electron chi connectivity index (χ3n) is 3.21. The van der Waals surface area contributed by atoms with E-state index in [9.17, 15) is 8.78 Å². The minimum atomic E-state index is -0.805. The molecule has 14 heavy (non-hydrogen) atoms. The number of rotatable bonds is 1. The van der Waals surface area contributed by atoms with Gasteiger partial charge in [0.15, 0.2) is 11.6 Å².